The van der Waals surface area contributed by atoms with Gasteiger partial charge in [-0.25, -0.2) is 0 Å². The van der Waals surface area contributed by atoms with Gasteiger partial charge in [-0.15, -0.1) is 0 Å². The molecular weight excluding hydrogens is 290 g/mol. The van der Waals surface area contributed by atoms with Gasteiger partial charge in [0.1, 0.15) is 0 Å². The van der Waals surface area contributed by atoms with E-state index < -0.39 is 0 Å². The van der Waals surface area contributed by atoms with Gasteiger partial charge >= 0.3 is 0 Å². The van der Waals surface area contributed by atoms with Crippen molar-refractivity contribution in [2.45, 2.75) is 31.1 Å². The molecule has 0 spiro atoms. The summed E-state index contributed by atoms with van der Waals surface area (Å²) in [6.45, 7) is 6.51. The van der Waals surface area contributed by atoms with Crippen LogP contribution in [0.4, 0.5) is 5.69 Å². The third-order valence-electron chi connectivity index (χ3n) is 3.42. The molecule has 112 valence electrons. The Hall–Kier alpha value is -2.07. The minimum absolute atomic E-state index is 0.0795. The smallest absolute Gasteiger partial charge is 0.0941 e. The van der Waals surface area contributed by atoms with E-state index in [9.17, 15) is 0 Å². The summed E-state index contributed by atoms with van der Waals surface area (Å²) in [7, 11) is 0. The SMILES string of the molecule is CC(C)(C)c1ccc(SNc2cccc3cccnc23)cn1. The predicted molar refractivity (Wildman–Crippen MR) is 94.2 cm³/mol. The molecule has 2 heterocycles. The molecule has 0 saturated carbocycles. The summed E-state index contributed by atoms with van der Waals surface area (Å²) in [5.41, 5.74) is 3.18. The monoisotopic (exact) mass is 309 g/mol. The van der Waals surface area contributed by atoms with Crippen LogP contribution in [-0.4, -0.2) is 9.97 Å². The molecule has 3 nitrogen and oxygen atoms in total. The van der Waals surface area contributed by atoms with E-state index in [-0.39, 0.29) is 5.41 Å². The van der Waals surface area contributed by atoms with Crippen molar-refractivity contribution in [1.82, 2.24) is 9.97 Å². The highest BCUT2D eigenvalue weighted by molar-refractivity contribution is 8.00. The number of hydrogen-bond donors (Lipinski definition) is 1. The van der Waals surface area contributed by atoms with Gasteiger partial charge in [0.2, 0.25) is 0 Å². The predicted octanol–water partition coefficient (Wildman–Crippen LogP) is 5.05. The van der Waals surface area contributed by atoms with Crippen LogP contribution < -0.4 is 4.72 Å². The Morgan fingerprint density at radius 3 is 2.50 bits per heavy atom. The highest BCUT2D eigenvalue weighted by Crippen LogP contribution is 2.27. The largest absolute Gasteiger partial charge is 0.324 e. The van der Waals surface area contributed by atoms with Gasteiger partial charge < -0.3 is 4.72 Å². The fourth-order valence-corrected chi connectivity index (χ4v) is 2.82. The van der Waals surface area contributed by atoms with E-state index in [0.29, 0.717) is 0 Å². The van der Waals surface area contributed by atoms with E-state index in [1.807, 2.05) is 30.6 Å². The first-order valence-corrected chi connectivity index (χ1v) is 8.09. The molecule has 2 aromatic heterocycles. The van der Waals surface area contributed by atoms with Crippen LogP contribution in [0, 0.1) is 0 Å². The molecule has 1 aromatic carbocycles. The molecule has 0 aliphatic rings. The number of anilines is 1. The molecule has 22 heavy (non-hydrogen) atoms. The molecule has 0 bridgehead atoms. The number of fused-ring (bicyclic) bond motifs is 1. The van der Waals surface area contributed by atoms with E-state index in [4.69, 9.17) is 0 Å². The van der Waals surface area contributed by atoms with Crippen molar-refractivity contribution in [3.63, 3.8) is 0 Å². The summed E-state index contributed by atoms with van der Waals surface area (Å²) in [6, 6.07) is 14.4. The Labute approximate surface area is 135 Å². The van der Waals surface area contributed by atoms with Crippen LogP contribution in [-0.2, 0) is 5.41 Å². The van der Waals surface area contributed by atoms with Crippen LogP contribution in [0.2, 0.25) is 0 Å². The Balaban J connectivity index is 1.77. The van der Waals surface area contributed by atoms with Crippen LogP contribution in [0.5, 0.6) is 0 Å². The topological polar surface area (TPSA) is 37.8 Å². The normalized spacial score (nSPS) is 11.6. The van der Waals surface area contributed by atoms with E-state index in [2.05, 4.69) is 59.7 Å². The number of pyridine rings is 2. The highest BCUT2D eigenvalue weighted by atomic mass is 32.2. The molecular formula is C18H19N3S. The summed E-state index contributed by atoms with van der Waals surface area (Å²) in [6.07, 6.45) is 3.73. The van der Waals surface area contributed by atoms with Gasteiger partial charge in [0.15, 0.2) is 0 Å². The average Bonchev–Trinajstić information content (AvgIpc) is 2.52. The third kappa shape index (κ3) is 3.22. The highest BCUT2D eigenvalue weighted by Gasteiger charge is 2.14. The number of para-hydroxylation sites is 1. The first-order chi connectivity index (χ1) is 10.5. The molecule has 0 amide bonds. The summed E-state index contributed by atoms with van der Waals surface area (Å²) >= 11 is 1.56. The minimum Gasteiger partial charge on any atom is -0.324 e. The fraction of sp³-hybridized carbons (Fsp3) is 0.222. The molecule has 3 rings (SSSR count). The van der Waals surface area contributed by atoms with Crippen molar-refractivity contribution in [2.24, 2.45) is 0 Å². The van der Waals surface area contributed by atoms with Crippen LogP contribution in [0.15, 0.2) is 59.8 Å². The third-order valence-corrected chi connectivity index (χ3v) is 4.22. The van der Waals surface area contributed by atoms with Crippen molar-refractivity contribution < 1.29 is 0 Å². The van der Waals surface area contributed by atoms with Gasteiger partial charge in [-0.1, -0.05) is 39.0 Å². The van der Waals surface area contributed by atoms with Gasteiger partial charge in [0.25, 0.3) is 0 Å². The second-order valence-corrected chi connectivity index (χ2v) is 7.09. The van der Waals surface area contributed by atoms with Crippen molar-refractivity contribution in [3.05, 3.63) is 60.6 Å². The van der Waals surface area contributed by atoms with Crippen molar-refractivity contribution in [3.8, 4) is 0 Å². The molecule has 0 atom stereocenters. The first-order valence-electron chi connectivity index (χ1n) is 7.27. The molecule has 0 unspecified atom stereocenters. The second-order valence-electron chi connectivity index (χ2n) is 6.21. The van der Waals surface area contributed by atoms with Gasteiger partial charge in [-0.2, -0.15) is 0 Å². The van der Waals surface area contributed by atoms with Crippen LogP contribution in [0.25, 0.3) is 10.9 Å². The summed E-state index contributed by atoms with van der Waals surface area (Å²) in [5, 5.41) is 1.13. The number of rotatable bonds is 3. The number of benzene rings is 1. The zero-order chi connectivity index (χ0) is 15.6. The van der Waals surface area contributed by atoms with E-state index in [0.717, 1.165) is 27.2 Å². The Morgan fingerprint density at radius 2 is 1.77 bits per heavy atom. The zero-order valence-electron chi connectivity index (χ0n) is 13.0. The second kappa shape index (κ2) is 5.97. The summed E-state index contributed by atoms with van der Waals surface area (Å²) in [4.78, 5) is 10.1. The van der Waals surface area contributed by atoms with Crippen molar-refractivity contribution in [1.29, 1.82) is 0 Å². The molecule has 0 aliphatic heterocycles. The van der Waals surface area contributed by atoms with E-state index >= 15 is 0 Å². The molecule has 0 radical (unpaired) electrons. The van der Waals surface area contributed by atoms with Gasteiger partial charge in [0.05, 0.1) is 11.2 Å². The molecule has 0 aliphatic carbocycles. The maximum atomic E-state index is 4.55. The number of nitrogens with one attached hydrogen (secondary N) is 1. The zero-order valence-corrected chi connectivity index (χ0v) is 13.8. The maximum absolute atomic E-state index is 4.55. The fourth-order valence-electron chi connectivity index (χ4n) is 2.18. The standard InChI is InChI=1S/C18H19N3S/c1-18(2,3)16-10-9-14(12-20-16)22-21-15-8-4-6-13-7-5-11-19-17(13)15/h4-12,21H,1-3H3. The Bertz CT molecular complexity index is 771. The number of nitrogens with zero attached hydrogens (tertiary/aromatic N) is 2. The van der Waals surface area contributed by atoms with E-state index in [1.165, 1.54) is 0 Å². The molecule has 0 saturated heterocycles. The molecule has 4 heteroatoms. The van der Waals surface area contributed by atoms with Crippen molar-refractivity contribution in [2.75, 3.05) is 4.72 Å². The quantitative estimate of drug-likeness (QED) is 0.687. The average molecular weight is 309 g/mol. The molecule has 3 aromatic rings. The lowest BCUT2D eigenvalue weighted by molar-refractivity contribution is 0.568. The van der Waals surface area contributed by atoms with Crippen molar-refractivity contribution >= 4 is 28.5 Å². The maximum Gasteiger partial charge on any atom is 0.0941 e. The lowest BCUT2D eigenvalue weighted by Gasteiger charge is -2.17. The number of hydrogen-bond acceptors (Lipinski definition) is 4. The lowest BCUT2D eigenvalue weighted by atomic mass is 9.92. The number of aromatic nitrogens is 2. The molecule has 1 N–H and O–H groups in total. The molecule has 0 fully saturated rings. The minimum atomic E-state index is 0.0795. The lowest BCUT2D eigenvalue weighted by Crippen LogP contribution is -2.12. The first kappa shape index (κ1) is 14.9. The summed E-state index contributed by atoms with van der Waals surface area (Å²) < 4.78 is 3.38. The Morgan fingerprint density at radius 1 is 0.955 bits per heavy atom. The van der Waals surface area contributed by atoms with Crippen LogP contribution >= 0.6 is 11.9 Å². The van der Waals surface area contributed by atoms with Gasteiger partial charge in [0, 0.05) is 33.8 Å². The Kier molecular flexibility index (Phi) is 4.03. The van der Waals surface area contributed by atoms with Crippen LogP contribution in [0.1, 0.15) is 26.5 Å². The van der Waals surface area contributed by atoms with Crippen LogP contribution in [0.3, 0.4) is 0 Å². The van der Waals surface area contributed by atoms with E-state index in [1.54, 1.807) is 11.9 Å². The van der Waals surface area contributed by atoms with Gasteiger partial charge in [-0.3, -0.25) is 9.97 Å². The summed E-state index contributed by atoms with van der Waals surface area (Å²) in [5.74, 6) is 0. The van der Waals surface area contributed by atoms with Gasteiger partial charge in [-0.05, 0) is 36.2 Å².